The van der Waals surface area contributed by atoms with Crippen LogP contribution >= 0.6 is 0 Å². The summed E-state index contributed by atoms with van der Waals surface area (Å²) in [5.74, 6) is 1.48. The fraction of sp³-hybridized carbons (Fsp3) is 0.370. The summed E-state index contributed by atoms with van der Waals surface area (Å²) >= 11 is 0. The molecule has 0 saturated carbocycles. The molecular formula is C54H65N11O12S2. The monoisotopic (exact) mass is 1120 g/mol. The summed E-state index contributed by atoms with van der Waals surface area (Å²) in [6.45, 7) is 8.80. The summed E-state index contributed by atoms with van der Waals surface area (Å²) in [6, 6.07) is 25.1. The van der Waals surface area contributed by atoms with Crippen LogP contribution in [-0.4, -0.2) is 138 Å². The van der Waals surface area contributed by atoms with Gasteiger partial charge in [-0.15, -0.1) is 10.2 Å². The van der Waals surface area contributed by atoms with Crippen LogP contribution < -0.4 is 30.0 Å². The number of H-pyrrole nitrogens is 1. The predicted molar refractivity (Wildman–Crippen MR) is 292 cm³/mol. The summed E-state index contributed by atoms with van der Waals surface area (Å²) in [6.07, 6.45) is -1.53. The molecule has 0 radical (unpaired) electrons. The molecule has 23 nitrogen and oxygen atoms in total. The number of imidazole rings is 1. The smallest absolute Gasteiger partial charge is 0.410 e. The van der Waals surface area contributed by atoms with Crippen molar-refractivity contribution in [1.29, 1.82) is 0 Å². The van der Waals surface area contributed by atoms with Gasteiger partial charge >= 0.3 is 12.2 Å². The lowest BCUT2D eigenvalue weighted by Crippen LogP contribution is -2.47. The maximum atomic E-state index is 16.5. The normalized spacial score (nSPS) is 15.5. The van der Waals surface area contributed by atoms with Crippen molar-refractivity contribution < 1.29 is 55.2 Å². The Bertz CT molecular complexity index is 3480. The second-order valence-electron chi connectivity index (χ2n) is 20.8. The number of aliphatic hydroxyl groups is 1. The lowest BCUT2D eigenvalue weighted by atomic mass is 9.98. The molecule has 3 heterocycles. The van der Waals surface area contributed by atoms with Gasteiger partial charge in [-0.2, -0.15) is 9.10 Å². The van der Waals surface area contributed by atoms with E-state index in [9.17, 15) is 14.7 Å². The standard InChI is InChI=1S/C54H65N11O12S2/c1-53(2,3)76-51(67)57-44(32-66)49-56-42-12-10-11-40(47(42)58-49)39-25-26-45(78(69,70)61-43-31-63(30-41(43)55)52(68)77-54(4,5)6)48(46(39)50-59-62-65(60-50)29-35-17-23-38(75-9)24-18-35)79(71,72)64(27-33-13-19-36(73-7)20-14-33)28-34-15-21-37(74-8)22-16-34/h10-26,41,43-44,61,66H,27-32,55H2,1-9H3,(H,56,58)(H,57,67)/t41-,43+,44?/m1/s1. The number of nitrogens with two attached hydrogens (primary N) is 1. The fourth-order valence-corrected chi connectivity index (χ4v) is 12.5. The molecule has 3 atom stereocenters. The zero-order valence-electron chi connectivity index (χ0n) is 45.3. The maximum Gasteiger partial charge on any atom is 0.410 e. The number of nitrogens with zero attached hydrogens (tertiary/aromatic N) is 7. The number of hydrogen-bond acceptors (Lipinski definition) is 17. The van der Waals surface area contributed by atoms with Crippen LogP contribution in [0.1, 0.15) is 70.1 Å². The predicted octanol–water partition coefficient (Wildman–Crippen LogP) is 6.13. The van der Waals surface area contributed by atoms with Crippen LogP contribution in [0.15, 0.2) is 113 Å². The van der Waals surface area contributed by atoms with Gasteiger partial charge in [0.2, 0.25) is 25.9 Å². The number of nitrogens with one attached hydrogen (secondary N) is 3. The van der Waals surface area contributed by atoms with E-state index in [4.69, 9.17) is 39.5 Å². The van der Waals surface area contributed by atoms with Gasteiger partial charge in [-0.3, -0.25) is 0 Å². The number of methoxy groups -OCH3 is 3. The van der Waals surface area contributed by atoms with E-state index in [0.717, 1.165) is 9.87 Å². The van der Waals surface area contributed by atoms with Crippen molar-refractivity contribution in [3.63, 3.8) is 0 Å². The number of aliphatic hydroxyl groups excluding tert-OH is 1. The lowest BCUT2D eigenvalue weighted by molar-refractivity contribution is 0.0289. The number of fused-ring (bicyclic) bond motifs is 1. The van der Waals surface area contributed by atoms with Gasteiger partial charge in [0.25, 0.3) is 0 Å². The van der Waals surface area contributed by atoms with Crippen molar-refractivity contribution in [1.82, 2.24) is 49.4 Å². The van der Waals surface area contributed by atoms with Crippen LogP contribution in [0.3, 0.4) is 0 Å². The second-order valence-corrected chi connectivity index (χ2v) is 24.3. The first-order valence-corrected chi connectivity index (χ1v) is 28.0. The van der Waals surface area contributed by atoms with E-state index in [1.165, 1.54) is 36.0 Å². The molecule has 25 heteroatoms. The number of hydrogen-bond donors (Lipinski definition) is 5. The topological polar surface area (TPSA) is 298 Å². The number of sulfonamides is 2. The Balaban J connectivity index is 1.38. The van der Waals surface area contributed by atoms with E-state index in [1.807, 2.05) is 0 Å². The third-order valence-electron chi connectivity index (χ3n) is 12.6. The Morgan fingerprint density at radius 2 is 1.34 bits per heavy atom. The molecule has 79 heavy (non-hydrogen) atoms. The highest BCUT2D eigenvalue weighted by molar-refractivity contribution is 7.92. The number of carbonyl (C=O) groups excluding carboxylic acids is 2. The zero-order chi connectivity index (χ0) is 57.0. The van der Waals surface area contributed by atoms with Crippen LogP contribution in [0.25, 0.3) is 33.5 Å². The van der Waals surface area contributed by atoms with E-state index in [-0.39, 0.29) is 66.6 Å². The number of benzene rings is 5. The minimum absolute atomic E-state index is 0.0498. The summed E-state index contributed by atoms with van der Waals surface area (Å²) in [4.78, 5) is 35.4. The first-order valence-electron chi connectivity index (χ1n) is 25.1. The number of likely N-dealkylation sites (tertiary alicyclic amines) is 1. The molecule has 0 aliphatic carbocycles. The van der Waals surface area contributed by atoms with Gasteiger partial charge in [0, 0.05) is 37.8 Å². The molecule has 420 valence electrons. The number of carbonyl (C=O) groups is 2. The summed E-state index contributed by atoms with van der Waals surface area (Å²) in [5.41, 5.74) is 7.35. The molecule has 6 N–H and O–H groups in total. The van der Waals surface area contributed by atoms with E-state index >= 15 is 16.8 Å². The minimum atomic E-state index is -5.11. The highest BCUT2D eigenvalue weighted by Crippen LogP contribution is 2.43. The average molecular weight is 1120 g/mol. The van der Waals surface area contributed by atoms with Crippen molar-refractivity contribution in [2.75, 3.05) is 41.0 Å². The van der Waals surface area contributed by atoms with Crippen LogP contribution in [0.2, 0.25) is 0 Å². The largest absolute Gasteiger partial charge is 0.497 e. The zero-order valence-corrected chi connectivity index (χ0v) is 46.9. The summed E-state index contributed by atoms with van der Waals surface area (Å²) < 4.78 is 94.8. The number of para-hydroxylation sites is 1. The fourth-order valence-electron chi connectivity index (χ4n) is 8.78. The van der Waals surface area contributed by atoms with Crippen molar-refractivity contribution in [2.45, 2.75) is 100 Å². The van der Waals surface area contributed by atoms with Crippen LogP contribution in [-0.2, 0) is 49.2 Å². The van der Waals surface area contributed by atoms with Gasteiger partial charge in [-0.1, -0.05) is 54.6 Å². The maximum absolute atomic E-state index is 16.5. The molecule has 5 aromatic carbocycles. The second kappa shape index (κ2) is 23.3. The molecular weight excluding hydrogens is 1060 g/mol. The Labute approximate surface area is 458 Å². The first kappa shape index (κ1) is 57.5. The van der Waals surface area contributed by atoms with Gasteiger partial charge < -0.3 is 49.7 Å². The average Bonchev–Trinajstić information content (AvgIpc) is 4.37. The molecule has 0 bridgehead atoms. The van der Waals surface area contributed by atoms with E-state index in [2.05, 4.69) is 25.3 Å². The molecule has 2 amide bonds. The number of amides is 2. The highest BCUT2D eigenvalue weighted by atomic mass is 32.2. The first-order chi connectivity index (χ1) is 37.4. The molecule has 0 spiro atoms. The highest BCUT2D eigenvalue weighted by Gasteiger charge is 2.42. The van der Waals surface area contributed by atoms with Crippen molar-refractivity contribution in [3.05, 3.63) is 126 Å². The number of alkyl carbamates (subject to hydrolysis) is 1. The van der Waals surface area contributed by atoms with Gasteiger partial charge in [0.15, 0.2) is 0 Å². The van der Waals surface area contributed by atoms with E-state index in [0.29, 0.717) is 33.9 Å². The Kier molecular flexibility index (Phi) is 17.0. The van der Waals surface area contributed by atoms with Gasteiger partial charge in [0.1, 0.15) is 50.1 Å². The third-order valence-corrected chi connectivity index (χ3v) is 16.1. The lowest BCUT2D eigenvalue weighted by Gasteiger charge is -2.27. The quantitative estimate of drug-likeness (QED) is 0.0608. The molecule has 2 aromatic heterocycles. The Hall–Kier alpha value is -7.68. The molecule has 1 saturated heterocycles. The Morgan fingerprint density at radius 3 is 1.89 bits per heavy atom. The third kappa shape index (κ3) is 13.6. The van der Waals surface area contributed by atoms with Crippen molar-refractivity contribution in [3.8, 4) is 39.8 Å². The number of ether oxygens (including phenoxy) is 5. The molecule has 1 aliphatic heterocycles. The van der Waals surface area contributed by atoms with Gasteiger partial charge in [-0.25, -0.2) is 36.1 Å². The number of aromatic amines is 1. The SMILES string of the molecule is COc1ccc(CN(Cc2ccc(OC)cc2)S(=O)(=O)c2c(S(=O)(=O)N[C@H]3CN(C(=O)OC(C)(C)C)C[C@H]3N)ccc(-c3cccc4[nH]c(C(CO)NC(=O)OC(C)(C)C)nc34)c2-c2nnn(Cc3ccc(OC)cc3)n2)cc1. The summed E-state index contributed by atoms with van der Waals surface area (Å²) in [5, 5.41) is 26.8. The van der Waals surface area contributed by atoms with Crippen molar-refractivity contribution in [2.24, 2.45) is 5.73 Å². The minimum Gasteiger partial charge on any atom is -0.497 e. The van der Waals surface area contributed by atoms with Crippen molar-refractivity contribution >= 4 is 43.3 Å². The van der Waals surface area contributed by atoms with E-state index in [1.54, 1.807) is 140 Å². The molecule has 1 aliphatic rings. The molecule has 1 fully saturated rings. The van der Waals surface area contributed by atoms with Gasteiger partial charge in [-0.05, 0) is 118 Å². The summed E-state index contributed by atoms with van der Waals surface area (Å²) in [7, 11) is -5.53. The number of tetrazole rings is 1. The molecule has 1 unspecified atom stereocenters. The number of aromatic nitrogens is 6. The van der Waals surface area contributed by atoms with Gasteiger partial charge in [0.05, 0.1) is 57.1 Å². The van der Waals surface area contributed by atoms with Crippen LogP contribution in [0.4, 0.5) is 9.59 Å². The van der Waals surface area contributed by atoms with Crippen LogP contribution in [0, 0.1) is 0 Å². The Morgan fingerprint density at radius 1 is 0.772 bits per heavy atom. The van der Waals surface area contributed by atoms with Crippen LogP contribution in [0.5, 0.6) is 17.2 Å². The van der Waals surface area contributed by atoms with E-state index < -0.39 is 78.0 Å². The number of rotatable bonds is 19. The molecule has 7 aromatic rings. The molecule has 8 rings (SSSR count).